The van der Waals surface area contributed by atoms with Gasteiger partial charge in [-0.25, -0.2) is 9.59 Å². The Balaban J connectivity index is 2.06. The van der Waals surface area contributed by atoms with Crippen LogP contribution in [0.4, 0.5) is 10.5 Å². The van der Waals surface area contributed by atoms with Gasteiger partial charge < -0.3 is 19.8 Å². The molecule has 108 valence electrons. The van der Waals surface area contributed by atoms with Gasteiger partial charge in [-0.3, -0.25) is 4.90 Å². The van der Waals surface area contributed by atoms with Gasteiger partial charge in [0, 0.05) is 19.3 Å². The first-order valence-corrected chi connectivity index (χ1v) is 6.15. The van der Waals surface area contributed by atoms with E-state index in [4.69, 9.17) is 9.84 Å². The molecule has 0 aromatic heterocycles. The van der Waals surface area contributed by atoms with E-state index in [2.05, 4.69) is 0 Å². The lowest BCUT2D eigenvalue weighted by Crippen LogP contribution is -2.52. The molecule has 7 heteroatoms. The van der Waals surface area contributed by atoms with Gasteiger partial charge in [0.15, 0.2) is 6.10 Å². The van der Waals surface area contributed by atoms with Crippen LogP contribution in [0.2, 0.25) is 0 Å². The first kappa shape index (κ1) is 14.1. The number of hydrogen-bond donors (Lipinski definition) is 2. The lowest BCUT2D eigenvalue weighted by atomic mass is 10.2. The molecule has 1 atom stereocenters. The molecule has 1 fully saturated rings. The minimum atomic E-state index is -1.07. The van der Waals surface area contributed by atoms with Crippen molar-refractivity contribution >= 4 is 17.7 Å². The summed E-state index contributed by atoms with van der Waals surface area (Å²) in [5.74, 6) is -0.957. The molecule has 0 radical (unpaired) electrons. The summed E-state index contributed by atoms with van der Waals surface area (Å²) in [5, 5.41) is 18.1. The molecule has 0 spiro atoms. The fraction of sp³-hybridized carbons (Fsp3) is 0.385. The third-order valence-corrected chi connectivity index (χ3v) is 3.14. The van der Waals surface area contributed by atoms with E-state index in [1.165, 1.54) is 21.9 Å². The number of benzene rings is 1. The number of phenolic OH excluding ortho intramolecular Hbond substituents is 1. The minimum Gasteiger partial charge on any atom is -0.508 e. The topological polar surface area (TPSA) is 90.3 Å². The van der Waals surface area contributed by atoms with Crippen molar-refractivity contribution in [3.63, 3.8) is 0 Å². The molecule has 2 amide bonds. The van der Waals surface area contributed by atoms with Crippen LogP contribution in [0.15, 0.2) is 24.3 Å². The number of carbonyl (C=O) groups excluding carboxylic acids is 1. The molecule has 0 aliphatic carbocycles. The summed E-state index contributed by atoms with van der Waals surface area (Å²) >= 11 is 0. The molecular weight excluding hydrogens is 264 g/mol. The first-order chi connectivity index (χ1) is 9.49. The third kappa shape index (κ3) is 3.00. The van der Waals surface area contributed by atoms with Crippen molar-refractivity contribution in [3.8, 4) is 5.75 Å². The maximum atomic E-state index is 12.3. The van der Waals surface area contributed by atoms with Gasteiger partial charge in [0.25, 0.3) is 0 Å². The molecule has 7 nitrogen and oxygen atoms in total. The average molecular weight is 280 g/mol. The Hall–Kier alpha value is -2.28. The van der Waals surface area contributed by atoms with Crippen molar-refractivity contribution in [2.45, 2.75) is 6.10 Å². The summed E-state index contributed by atoms with van der Waals surface area (Å²) in [6.45, 7) is 0.577. The maximum Gasteiger partial charge on any atom is 0.334 e. The number of rotatable bonds is 2. The summed E-state index contributed by atoms with van der Waals surface area (Å²) < 4.78 is 5.08. The lowest BCUT2D eigenvalue weighted by molar-refractivity contribution is -0.154. The SMILES string of the molecule is CN(C(=O)N1CCOC(C(=O)O)C1)c1ccc(O)cc1. The van der Waals surface area contributed by atoms with Gasteiger partial charge in [0.1, 0.15) is 5.75 Å². The molecule has 1 saturated heterocycles. The van der Waals surface area contributed by atoms with Crippen molar-refractivity contribution in [1.29, 1.82) is 0 Å². The summed E-state index contributed by atoms with van der Waals surface area (Å²) in [6.07, 6.45) is -0.985. The predicted molar refractivity (Wildman–Crippen MR) is 70.9 cm³/mol. The van der Waals surface area contributed by atoms with Crippen LogP contribution in [0.25, 0.3) is 0 Å². The van der Waals surface area contributed by atoms with Gasteiger partial charge in [-0.1, -0.05) is 0 Å². The number of aliphatic carboxylic acids is 1. The number of nitrogens with zero attached hydrogens (tertiary/aromatic N) is 2. The van der Waals surface area contributed by atoms with E-state index < -0.39 is 12.1 Å². The third-order valence-electron chi connectivity index (χ3n) is 3.14. The molecule has 20 heavy (non-hydrogen) atoms. The van der Waals surface area contributed by atoms with Crippen LogP contribution in [-0.4, -0.2) is 60.0 Å². The molecule has 2 rings (SSSR count). The number of carboxylic acids is 1. The van der Waals surface area contributed by atoms with E-state index in [-0.39, 0.29) is 24.9 Å². The normalized spacial score (nSPS) is 18.6. The smallest absolute Gasteiger partial charge is 0.334 e. The highest BCUT2D eigenvalue weighted by Gasteiger charge is 2.30. The monoisotopic (exact) mass is 280 g/mol. The number of urea groups is 1. The van der Waals surface area contributed by atoms with Crippen molar-refractivity contribution in [3.05, 3.63) is 24.3 Å². The summed E-state index contributed by atoms with van der Waals surface area (Å²) in [6, 6.07) is 5.90. The standard InChI is InChI=1S/C13H16N2O5/c1-14(9-2-4-10(16)5-3-9)13(19)15-6-7-20-11(8-15)12(17)18/h2-5,11,16H,6-8H2,1H3,(H,17,18). The number of amides is 2. The van der Waals surface area contributed by atoms with Crippen LogP contribution < -0.4 is 4.90 Å². The highest BCUT2D eigenvalue weighted by Crippen LogP contribution is 2.19. The van der Waals surface area contributed by atoms with E-state index in [0.29, 0.717) is 12.2 Å². The molecular formula is C13H16N2O5. The Morgan fingerprint density at radius 3 is 2.60 bits per heavy atom. The molecule has 1 aromatic rings. The van der Waals surface area contributed by atoms with Gasteiger partial charge in [-0.15, -0.1) is 0 Å². The van der Waals surface area contributed by atoms with Crippen LogP contribution in [0.1, 0.15) is 0 Å². The molecule has 1 heterocycles. The Bertz CT molecular complexity index is 502. The Labute approximate surface area is 116 Å². The van der Waals surface area contributed by atoms with Gasteiger partial charge in [0.2, 0.25) is 0 Å². The number of aromatic hydroxyl groups is 1. The fourth-order valence-corrected chi connectivity index (χ4v) is 1.97. The molecule has 1 aromatic carbocycles. The highest BCUT2D eigenvalue weighted by atomic mass is 16.5. The zero-order valence-corrected chi connectivity index (χ0v) is 11.0. The van der Waals surface area contributed by atoms with Gasteiger partial charge in [0.05, 0.1) is 13.2 Å². The zero-order chi connectivity index (χ0) is 14.7. The number of morpholine rings is 1. The van der Waals surface area contributed by atoms with E-state index >= 15 is 0 Å². The van der Waals surface area contributed by atoms with E-state index in [1.54, 1.807) is 19.2 Å². The summed E-state index contributed by atoms with van der Waals surface area (Å²) in [5.41, 5.74) is 0.617. The van der Waals surface area contributed by atoms with Gasteiger partial charge >= 0.3 is 12.0 Å². The highest BCUT2D eigenvalue weighted by molar-refractivity contribution is 5.92. The van der Waals surface area contributed by atoms with Crippen molar-refractivity contribution in [2.24, 2.45) is 0 Å². The second-order valence-electron chi connectivity index (χ2n) is 4.50. The molecule has 2 N–H and O–H groups in total. The Kier molecular flexibility index (Phi) is 4.09. The van der Waals surface area contributed by atoms with Crippen LogP contribution >= 0.6 is 0 Å². The number of ether oxygens (including phenoxy) is 1. The van der Waals surface area contributed by atoms with Crippen LogP contribution in [-0.2, 0) is 9.53 Å². The number of carboxylic acid groups (broad SMARTS) is 1. The number of anilines is 1. The molecule has 0 bridgehead atoms. The fourth-order valence-electron chi connectivity index (χ4n) is 1.97. The second kappa shape index (κ2) is 5.79. The lowest BCUT2D eigenvalue weighted by Gasteiger charge is -2.33. The molecule has 1 aliphatic heterocycles. The molecule has 1 unspecified atom stereocenters. The average Bonchev–Trinajstić information content (AvgIpc) is 2.46. The second-order valence-corrected chi connectivity index (χ2v) is 4.50. The Morgan fingerprint density at radius 1 is 1.35 bits per heavy atom. The number of phenols is 1. The van der Waals surface area contributed by atoms with Gasteiger partial charge in [-0.05, 0) is 24.3 Å². The van der Waals surface area contributed by atoms with E-state index in [1.807, 2.05) is 0 Å². The zero-order valence-electron chi connectivity index (χ0n) is 11.0. The minimum absolute atomic E-state index is 0.0244. The van der Waals surface area contributed by atoms with Crippen LogP contribution in [0.5, 0.6) is 5.75 Å². The summed E-state index contributed by atoms with van der Waals surface area (Å²) in [4.78, 5) is 26.0. The Morgan fingerprint density at radius 2 is 2.00 bits per heavy atom. The van der Waals surface area contributed by atoms with Crippen LogP contribution in [0, 0.1) is 0 Å². The van der Waals surface area contributed by atoms with E-state index in [0.717, 1.165) is 0 Å². The summed E-state index contributed by atoms with van der Waals surface area (Å²) in [7, 11) is 1.60. The van der Waals surface area contributed by atoms with Gasteiger partial charge in [-0.2, -0.15) is 0 Å². The van der Waals surface area contributed by atoms with Crippen molar-refractivity contribution in [1.82, 2.24) is 4.90 Å². The quantitative estimate of drug-likeness (QED) is 0.833. The number of carbonyl (C=O) groups is 2. The van der Waals surface area contributed by atoms with Crippen molar-refractivity contribution in [2.75, 3.05) is 31.6 Å². The van der Waals surface area contributed by atoms with Crippen molar-refractivity contribution < 1.29 is 24.5 Å². The molecule has 1 aliphatic rings. The van der Waals surface area contributed by atoms with Crippen LogP contribution in [0.3, 0.4) is 0 Å². The van der Waals surface area contributed by atoms with E-state index in [9.17, 15) is 14.7 Å². The number of hydrogen-bond acceptors (Lipinski definition) is 4. The largest absolute Gasteiger partial charge is 0.508 e. The molecule has 0 saturated carbocycles. The predicted octanol–water partition coefficient (Wildman–Crippen LogP) is 0.734. The first-order valence-electron chi connectivity index (χ1n) is 6.15. The maximum absolute atomic E-state index is 12.3.